The first-order valence-corrected chi connectivity index (χ1v) is 6.34. The molecular weight excluding hydrogens is 268 g/mol. The monoisotopic (exact) mass is 280 g/mol. The number of benzene rings is 1. The molecule has 0 atom stereocenters. The van der Waals surface area contributed by atoms with Gasteiger partial charge in [-0.2, -0.15) is 10.4 Å². The Morgan fingerprint density at radius 2 is 2.24 bits per heavy atom. The third-order valence-corrected chi connectivity index (χ3v) is 3.55. The van der Waals surface area contributed by atoms with Gasteiger partial charge in [0.15, 0.2) is 0 Å². The Kier molecular flexibility index (Phi) is 2.95. The number of carboxylic acid groups (broad SMARTS) is 1. The van der Waals surface area contributed by atoms with Gasteiger partial charge in [0.1, 0.15) is 5.56 Å². The fraction of sp³-hybridized carbons (Fsp3) is 0.133. The number of carbonyl (C=O) groups is 1. The summed E-state index contributed by atoms with van der Waals surface area (Å²) in [6.45, 7) is 0.385. The number of aryl methyl sites for hydroxylation is 1. The minimum absolute atomic E-state index is 0.191. The molecule has 3 aromatic rings. The van der Waals surface area contributed by atoms with E-state index in [1.165, 1.54) is 6.20 Å². The van der Waals surface area contributed by atoms with Crippen LogP contribution in [0, 0.1) is 11.3 Å². The molecule has 2 aromatic heterocycles. The van der Waals surface area contributed by atoms with Gasteiger partial charge in [0.05, 0.1) is 30.1 Å². The van der Waals surface area contributed by atoms with Crippen LogP contribution < -0.4 is 0 Å². The van der Waals surface area contributed by atoms with Crippen LogP contribution in [0.1, 0.15) is 21.6 Å². The molecular formula is C15H12N4O2. The van der Waals surface area contributed by atoms with E-state index in [-0.39, 0.29) is 5.56 Å². The van der Waals surface area contributed by atoms with Crippen LogP contribution in [0.2, 0.25) is 0 Å². The van der Waals surface area contributed by atoms with Crippen LogP contribution in [-0.2, 0) is 13.6 Å². The first kappa shape index (κ1) is 12.9. The highest BCUT2D eigenvalue weighted by Crippen LogP contribution is 2.21. The summed E-state index contributed by atoms with van der Waals surface area (Å²) in [4.78, 5) is 11.2. The number of fused-ring (bicyclic) bond motifs is 1. The Balaban J connectivity index is 2.10. The molecule has 0 bridgehead atoms. The normalized spacial score (nSPS) is 10.7. The van der Waals surface area contributed by atoms with E-state index < -0.39 is 5.97 Å². The standard InChI is InChI=1S/C15H12N4O2/c1-18-14(12(8-17-18)15(20)21)9-19-6-5-11-10(7-16)3-2-4-13(11)19/h2-6,8H,9H2,1H3,(H,20,21). The lowest BCUT2D eigenvalue weighted by Crippen LogP contribution is -2.09. The van der Waals surface area contributed by atoms with Crippen molar-refractivity contribution in [2.24, 2.45) is 7.05 Å². The maximum absolute atomic E-state index is 11.2. The van der Waals surface area contributed by atoms with Gasteiger partial charge in [0, 0.05) is 24.1 Å². The summed E-state index contributed by atoms with van der Waals surface area (Å²) in [5, 5.41) is 23.2. The molecule has 6 heteroatoms. The van der Waals surface area contributed by atoms with E-state index in [0.29, 0.717) is 17.8 Å². The van der Waals surface area contributed by atoms with Gasteiger partial charge < -0.3 is 9.67 Å². The fourth-order valence-corrected chi connectivity index (χ4v) is 2.45. The number of aromatic carboxylic acids is 1. The third kappa shape index (κ3) is 2.05. The van der Waals surface area contributed by atoms with E-state index in [2.05, 4.69) is 11.2 Å². The van der Waals surface area contributed by atoms with Gasteiger partial charge in [-0.3, -0.25) is 4.68 Å². The molecule has 0 saturated heterocycles. The smallest absolute Gasteiger partial charge is 0.339 e. The van der Waals surface area contributed by atoms with Crippen LogP contribution in [0.15, 0.2) is 36.7 Å². The molecule has 2 heterocycles. The predicted octanol–water partition coefficient (Wildman–Crippen LogP) is 1.99. The summed E-state index contributed by atoms with van der Waals surface area (Å²) in [5.74, 6) is -0.993. The van der Waals surface area contributed by atoms with Crippen molar-refractivity contribution in [3.8, 4) is 6.07 Å². The molecule has 0 unspecified atom stereocenters. The average molecular weight is 280 g/mol. The van der Waals surface area contributed by atoms with E-state index in [1.807, 2.05) is 29.0 Å². The zero-order valence-corrected chi connectivity index (χ0v) is 11.3. The fourth-order valence-electron chi connectivity index (χ4n) is 2.45. The lowest BCUT2D eigenvalue weighted by atomic mass is 10.1. The van der Waals surface area contributed by atoms with Gasteiger partial charge in [-0.1, -0.05) is 6.07 Å². The number of carboxylic acids is 1. The molecule has 1 aromatic carbocycles. The summed E-state index contributed by atoms with van der Waals surface area (Å²) < 4.78 is 3.48. The zero-order chi connectivity index (χ0) is 15.0. The molecule has 0 amide bonds. The molecule has 0 radical (unpaired) electrons. The second-order valence-electron chi connectivity index (χ2n) is 4.73. The quantitative estimate of drug-likeness (QED) is 0.795. The van der Waals surface area contributed by atoms with Crippen LogP contribution in [0.25, 0.3) is 10.9 Å². The van der Waals surface area contributed by atoms with E-state index in [4.69, 9.17) is 5.26 Å². The number of nitriles is 1. The van der Waals surface area contributed by atoms with Gasteiger partial charge >= 0.3 is 5.97 Å². The van der Waals surface area contributed by atoms with Crippen molar-refractivity contribution in [2.45, 2.75) is 6.54 Å². The molecule has 3 rings (SSSR count). The molecule has 21 heavy (non-hydrogen) atoms. The van der Waals surface area contributed by atoms with Crippen molar-refractivity contribution < 1.29 is 9.90 Å². The summed E-state index contributed by atoms with van der Waals surface area (Å²) in [5.41, 5.74) is 2.31. The molecule has 6 nitrogen and oxygen atoms in total. The average Bonchev–Trinajstić information content (AvgIpc) is 3.04. The van der Waals surface area contributed by atoms with Crippen LogP contribution in [-0.4, -0.2) is 25.4 Å². The number of rotatable bonds is 3. The van der Waals surface area contributed by atoms with Crippen molar-refractivity contribution in [1.29, 1.82) is 5.26 Å². The van der Waals surface area contributed by atoms with Crippen LogP contribution in [0.3, 0.4) is 0 Å². The highest BCUT2D eigenvalue weighted by atomic mass is 16.4. The Morgan fingerprint density at radius 3 is 2.95 bits per heavy atom. The van der Waals surface area contributed by atoms with Crippen molar-refractivity contribution in [2.75, 3.05) is 0 Å². The number of hydrogen-bond acceptors (Lipinski definition) is 3. The molecule has 0 saturated carbocycles. The summed E-state index contributed by atoms with van der Waals surface area (Å²) in [6.07, 6.45) is 3.20. The maximum Gasteiger partial charge on any atom is 0.339 e. The molecule has 0 aliphatic carbocycles. The van der Waals surface area contributed by atoms with Crippen LogP contribution in [0.5, 0.6) is 0 Å². The maximum atomic E-state index is 11.2. The number of nitrogens with zero attached hydrogens (tertiary/aromatic N) is 4. The largest absolute Gasteiger partial charge is 0.478 e. The summed E-state index contributed by atoms with van der Waals surface area (Å²) >= 11 is 0. The SMILES string of the molecule is Cn1ncc(C(=O)O)c1Cn1ccc2c(C#N)cccc21. The third-order valence-electron chi connectivity index (χ3n) is 3.55. The first-order valence-electron chi connectivity index (χ1n) is 6.34. The Labute approximate surface area is 120 Å². The van der Waals surface area contributed by atoms with Crippen molar-refractivity contribution in [1.82, 2.24) is 14.3 Å². The second-order valence-corrected chi connectivity index (χ2v) is 4.73. The van der Waals surface area contributed by atoms with Gasteiger partial charge in [0.25, 0.3) is 0 Å². The number of hydrogen-bond donors (Lipinski definition) is 1. The van der Waals surface area contributed by atoms with E-state index in [9.17, 15) is 9.90 Å². The Bertz CT molecular complexity index is 883. The second kappa shape index (κ2) is 4.80. The molecule has 104 valence electrons. The summed E-state index contributed by atoms with van der Waals surface area (Å²) in [7, 11) is 1.72. The van der Waals surface area contributed by atoms with E-state index in [1.54, 1.807) is 17.8 Å². The lowest BCUT2D eigenvalue weighted by Gasteiger charge is -2.07. The first-order chi connectivity index (χ1) is 10.1. The van der Waals surface area contributed by atoms with Crippen LogP contribution >= 0.6 is 0 Å². The van der Waals surface area contributed by atoms with E-state index >= 15 is 0 Å². The van der Waals surface area contributed by atoms with Crippen LogP contribution in [0.4, 0.5) is 0 Å². The molecule has 0 fully saturated rings. The highest BCUT2D eigenvalue weighted by molar-refractivity contribution is 5.89. The van der Waals surface area contributed by atoms with Crippen molar-refractivity contribution in [3.05, 3.63) is 53.5 Å². The minimum Gasteiger partial charge on any atom is -0.478 e. The molecule has 0 aliphatic rings. The summed E-state index contributed by atoms with van der Waals surface area (Å²) in [6, 6.07) is 9.52. The van der Waals surface area contributed by atoms with Gasteiger partial charge in [0.2, 0.25) is 0 Å². The number of aromatic nitrogens is 3. The Morgan fingerprint density at radius 1 is 1.43 bits per heavy atom. The molecule has 0 spiro atoms. The Hall–Kier alpha value is -3.07. The molecule has 0 aliphatic heterocycles. The topological polar surface area (TPSA) is 83.8 Å². The lowest BCUT2D eigenvalue weighted by molar-refractivity contribution is 0.0695. The van der Waals surface area contributed by atoms with Gasteiger partial charge in [-0.25, -0.2) is 4.79 Å². The van der Waals surface area contributed by atoms with Gasteiger partial charge in [-0.05, 0) is 18.2 Å². The molecule has 1 N–H and O–H groups in total. The van der Waals surface area contributed by atoms with Crippen molar-refractivity contribution >= 4 is 16.9 Å². The van der Waals surface area contributed by atoms with E-state index in [0.717, 1.165) is 10.9 Å². The highest BCUT2D eigenvalue weighted by Gasteiger charge is 2.16. The van der Waals surface area contributed by atoms with Crippen molar-refractivity contribution in [3.63, 3.8) is 0 Å². The minimum atomic E-state index is -0.993. The zero-order valence-electron chi connectivity index (χ0n) is 11.3. The van der Waals surface area contributed by atoms with Gasteiger partial charge in [-0.15, -0.1) is 0 Å². The predicted molar refractivity (Wildman–Crippen MR) is 75.9 cm³/mol.